The summed E-state index contributed by atoms with van der Waals surface area (Å²) in [5, 5.41) is 18.8. The molecule has 1 aromatic rings. The highest BCUT2D eigenvalue weighted by Crippen LogP contribution is 2.33. The number of hydrogen-bond donors (Lipinski definition) is 2. The fraction of sp³-hybridized carbons (Fsp3) is 0.684. The second-order valence-corrected chi connectivity index (χ2v) is 6.83. The Bertz CT molecular complexity index is 440. The normalized spacial score (nSPS) is 14.4. The molecule has 0 aliphatic rings. The number of hydrogen-bond acceptors (Lipinski definition) is 3. The maximum absolute atomic E-state index is 9.72. The molecule has 0 amide bonds. The van der Waals surface area contributed by atoms with Gasteiger partial charge in [-0.1, -0.05) is 46.8 Å². The first-order valence-corrected chi connectivity index (χ1v) is 8.44. The van der Waals surface area contributed by atoms with Crippen LogP contribution in [0.25, 0.3) is 0 Å². The maximum atomic E-state index is 9.72. The van der Waals surface area contributed by atoms with Gasteiger partial charge < -0.3 is 14.9 Å². The molecule has 0 aliphatic carbocycles. The predicted molar refractivity (Wildman–Crippen MR) is 91.6 cm³/mol. The highest BCUT2D eigenvalue weighted by molar-refractivity contribution is 5.40. The second-order valence-electron chi connectivity index (χ2n) is 6.83. The SMILES string of the molecule is CCC(CC(O)CO)c1ccc(OCC(C)C)c(C(C)C)c1. The molecule has 0 spiro atoms. The molecule has 2 unspecified atom stereocenters. The largest absolute Gasteiger partial charge is 0.493 e. The second kappa shape index (κ2) is 9.16. The molecule has 0 saturated carbocycles. The van der Waals surface area contributed by atoms with Crippen molar-refractivity contribution >= 4 is 0 Å². The molecule has 3 heteroatoms. The summed E-state index contributed by atoms with van der Waals surface area (Å²) in [6.07, 6.45) is 0.890. The van der Waals surface area contributed by atoms with E-state index in [0.717, 1.165) is 18.8 Å². The van der Waals surface area contributed by atoms with E-state index >= 15 is 0 Å². The lowest BCUT2D eigenvalue weighted by Gasteiger charge is -2.22. The van der Waals surface area contributed by atoms with Crippen LogP contribution in [-0.2, 0) is 0 Å². The van der Waals surface area contributed by atoms with E-state index in [9.17, 15) is 5.11 Å². The molecule has 0 radical (unpaired) electrons. The van der Waals surface area contributed by atoms with Gasteiger partial charge >= 0.3 is 0 Å². The van der Waals surface area contributed by atoms with Crippen molar-refractivity contribution in [1.29, 1.82) is 0 Å². The van der Waals surface area contributed by atoms with Crippen molar-refractivity contribution < 1.29 is 14.9 Å². The van der Waals surface area contributed by atoms with Gasteiger partial charge in [0.1, 0.15) is 5.75 Å². The molecule has 0 aromatic heterocycles. The zero-order valence-corrected chi connectivity index (χ0v) is 14.7. The standard InChI is InChI=1S/C19H32O3/c1-6-15(9-17(21)11-20)16-7-8-19(22-12-13(2)3)18(10-16)14(4)5/h7-8,10,13-15,17,20-21H,6,9,11-12H2,1-5H3. The first kappa shape index (κ1) is 19.0. The zero-order chi connectivity index (χ0) is 16.7. The van der Waals surface area contributed by atoms with Crippen molar-refractivity contribution in [2.75, 3.05) is 13.2 Å². The van der Waals surface area contributed by atoms with Crippen molar-refractivity contribution in [2.24, 2.45) is 5.92 Å². The number of benzene rings is 1. The van der Waals surface area contributed by atoms with E-state index < -0.39 is 6.10 Å². The van der Waals surface area contributed by atoms with Crippen LogP contribution in [0.3, 0.4) is 0 Å². The molecule has 3 nitrogen and oxygen atoms in total. The minimum absolute atomic E-state index is 0.177. The quantitative estimate of drug-likeness (QED) is 0.722. The van der Waals surface area contributed by atoms with Crippen LogP contribution >= 0.6 is 0 Å². The molecule has 0 bridgehead atoms. The molecule has 2 N–H and O–H groups in total. The summed E-state index contributed by atoms with van der Waals surface area (Å²) >= 11 is 0. The topological polar surface area (TPSA) is 49.7 Å². The Morgan fingerprint density at radius 2 is 1.82 bits per heavy atom. The first-order valence-electron chi connectivity index (χ1n) is 8.44. The number of ether oxygens (including phenoxy) is 1. The zero-order valence-electron chi connectivity index (χ0n) is 14.7. The van der Waals surface area contributed by atoms with E-state index in [1.807, 2.05) is 0 Å². The smallest absolute Gasteiger partial charge is 0.122 e. The summed E-state index contributed by atoms with van der Waals surface area (Å²) < 4.78 is 5.94. The first-order chi connectivity index (χ1) is 10.4. The molecule has 0 saturated heterocycles. The minimum Gasteiger partial charge on any atom is -0.493 e. The van der Waals surface area contributed by atoms with Gasteiger partial charge in [0.25, 0.3) is 0 Å². The number of rotatable bonds is 9. The van der Waals surface area contributed by atoms with Gasteiger partial charge in [-0.3, -0.25) is 0 Å². The molecule has 126 valence electrons. The monoisotopic (exact) mass is 308 g/mol. The summed E-state index contributed by atoms with van der Waals surface area (Å²) in [4.78, 5) is 0. The summed E-state index contributed by atoms with van der Waals surface area (Å²) in [7, 11) is 0. The minimum atomic E-state index is -0.649. The summed E-state index contributed by atoms with van der Waals surface area (Å²) in [6, 6.07) is 6.36. The highest BCUT2D eigenvalue weighted by Gasteiger charge is 2.17. The lowest BCUT2D eigenvalue weighted by atomic mass is 9.88. The average Bonchev–Trinajstić information content (AvgIpc) is 2.49. The van der Waals surface area contributed by atoms with E-state index in [-0.39, 0.29) is 12.5 Å². The Kier molecular flexibility index (Phi) is 7.91. The van der Waals surface area contributed by atoms with Crippen LogP contribution < -0.4 is 4.74 Å². The lowest BCUT2D eigenvalue weighted by Crippen LogP contribution is -2.16. The molecular formula is C19H32O3. The van der Waals surface area contributed by atoms with Crippen LogP contribution in [-0.4, -0.2) is 29.5 Å². The maximum Gasteiger partial charge on any atom is 0.122 e. The van der Waals surface area contributed by atoms with Gasteiger partial charge in [-0.25, -0.2) is 0 Å². The van der Waals surface area contributed by atoms with E-state index in [1.165, 1.54) is 11.1 Å². The van der Waals surface area contributed by atoms with Gasteiger partial charge in [-0.15, -0.1) is 0 Å². The van der Waals surface area contributed by atoms with Gasteiger partial charge in [0.2, 0.25) is 0 Å². The van der Waals surface area contributed by atoms with Crippen molar-refractivity contribution in [3.63, 3.8) is 0 Å². The lowest BCUT2D eigenvalue weighted by molar-refractivity contribution is 0.0817. The Morgan fingerprint density at radius 1 is 1.14 bits per heavy atom. The molecule has 0 aliphatic heterocycles. The fourth-order valence-electron chi connectivity index (χ4n) is 2.60. The van der Waals surface area contributed by atoms with Crippen LogP contribution in [0.1, 0.15) is 70.4 Å². The van der Waals surface area contributed by atoms with Gasteiger partial charge in [0.15, 0.2) is 0 Å². The van der Waals surface area contributed by atoms with Crippen LogP contribution in [0.4, 0.5) is 0 Å². The molecular weight excluding hydrogens is 276 g/mol. The van der Waals surface area contributed by atoms with Gasteiger partial charge in [-0.05, 0) is 47.8 Å². The van der Waals surface area contributed by atoms with E-state index in [0.29, 0.717) is 18.3 Å². The average molecular weight is 308 g/mol. The van der Waals surface area contributed by atoms with Gasteiger partial charge in [0, 0.05) is 0 Å². The summed E-state index contributed by atoms with van der Waals surface area (Å²) in [6.45, 7) is 11.3. The number of aliphatic hydroxyl groups is 2. The van der Waals surface area contributed by atoms with Crippen molar-refractivity contribution in [1.82, 2.24) is 0 Å². The van der Waals surface area contributed by atoms with E-state index in [1.54, 1.807) is 0 Å². The molecule has 0 fully saturated rings. The Labute approximate surface area is 135 Å². The van der Waals surface area contributed by atoms with Crippen LogP contribution in [0.2, 0.25) is 0 Å². The van der Waals surface area contributed by atoms with E-state index in [4.69, 9.17) is 9.84 Å². The molecule has 1 rings (SSSR count). The molecule has 22 heavy (non-hydrogen) atoms. The van der Waals surface area contributed by atoms with Crippen molar-refractivity contribution in [2.45, 2.75) is 65.4 Å². The Hall–Kier alpha value is -1.06. The van der Waals surface area contributed by atoms with Crippen molar-refractivity contribution in [3.8, 4) is 5.75 Å². The highest BCUT2D eigenvalue weighted by atomic mass is 16.5. The predicted octanol–water partition coefficient (Wildman–Crippen LogP) is 4.08. The summed E-state index contributed by atoms with van der Waals surface area (Å²) in [5.74, 6) is 2.12. The van der Waals surface area contributed by atoms with Gasteiger partial charge in [-0.2, -0.15) is 0 Å². The van der Waals surface area contributed by atoms with Crippen LogP contribution in [0.15, 0.2) is 18.2 Å². The molecule has 2 atom stereocenters. The van der Waals surface area contributed by atoms with Crippen LogP contribution in [0, 0.1) is 5.92 Å². The van der Waals surface area contributed by atoms with Crippen LogP contribution in [0.5, 0.6) is 5.75 Å². The fourth-order valence-corrected chi connectivity index (χ4v) is 2.60. The third kappa shape index (κ3) is 5.62. The van der Waals surface area contributed by atoms with E-state index in [2.05, 4.69) is 52.8 Å². The Morgan fingerprint density at radius 3 is 2.32 bits per heavy atom. The third-order valence-corrected chi connectivity index (χ3v) is 3.96. The third-order valence-electron chi connectivity index (χ3n) is 3.96. The number of aliphatic hydroxyl groups excluding tert-OH is 2. The van der Waals surface area contributed by atoms with Crippen molar-refractivity contribution in [3.05, 3.63) is 29.3 Å². The Balaban J connectivity index is 2.99. The molecule has 1 aromatic carbocycles. The summed E-state index contributed by atoms with van der Waals surface area (Å²) in [5.41, 5.74) is 2.44. The van der Waals surface area contributed by atoms with Gasteiger partial charge in [0.05, 0.1) is 19.3 Å². The molecule has 0 heterocycles.